The summed E-state index contributed by atoms with van der Waals surface area (Å²) in [5, 5.41) is 9.16. The standard InChI is InChI=1S/C11H17NO3/c1-8(7-13)11(10(12)14)5-3-4-9(6-11)15-2/h3-5,8,13H,6-7H2,1-2H3,(H2,12,14). The molecule has 0 heterocycles. The molecule has 0 aromatic rings. The molecule has 84 valence electrons. The number of aliphatic hydroxyl groups is 1. The van der Waals surface area contributed by atoms with Crippen LogP contribution >= 0.6 is 0 Å². The van der Waals surface area contributed by atoms with Gasteiger partial charge in [0.25, 0.3) is 0 Å². The second-order valence-corrected chi connectivity index (χ2v) is 3.86. The van der Waals surface area contributed by atoms with Crippen molar-refractivity contribution in [3.63, 3.8) is 0 Å². The van der Waals surface area contributed by atoms with E-state index < -0.39 is 11.3 Å². The number of carbonyl (C=O) groups is 1. The van der Waals surface area contributed by atoms with E-state index >= 15 is 0 Å². The minimum atomic E-state index is -0.825. The molecule has 0 aliphatic heterocycles. The molecule has 0 radical (unpaired) electrons. The molecule has 0 aromatic carbocycles. The zero-order valence-corrected chi connectivity index (χ0v) is 9.06. The monoisotopic (exact) mass is 211 g/mol. The Kier molecular flexibility index (Phi) is 3.52. The Morgan fingerprint density at radius 3 is 2.93 bits per heavy atom. The van der Waals surface area contributed by atoms with E-state index in [-0.39, 0.29) is 12.5 Å². The lowest BCUT2D eigenvalue weighted by atomic mass is 9.71. The quantitative estimate of drug-likeness (QED) is 0.714. The van der Waals surface area contributed by atoms with Crippen molar-refractivity contribution in [2.45, 2.75) is 13.3 Å². The van der Waals surface area contributed by atoms with Gasteiger partial charge in [0.1, 0.15) is 0 Å². The molecule has 1 amide bonds. The van der Waals surface area contributed by atoms with Gasteiger partial charge in [-0.15, -0.1) is 0 Å². The molecule has 2 unspecified atom stereocenters. The van der Waals surface area contributed by atoms with Gasteiger partial charge in [0.2, 0.25) is 5.91 Å². The Bertz CT molecular complexity index is 309. The Labute approximate surface area is 89.4 Å². The molecule has 4 nitrogen and oxygen atoms in total. The highest BCUT2D eigenvalue weighted by molar-refractivity contribution is 5.84. The predicted molar refractivity (Wildman–Crippen MR) is 56.7 cm³/mol. The molecule has 1 rings (SSSR count). The van der Waals surface area contributed by atoms with Crippen LogP contribution in [0.25, 0.3) is 0 Å². The van der Waals surface area contributed by atoms with Gasteiger partial charge in [-0.2, -0.15) is 0 Å². The van der Waals surface area contributed by atoms with Crippen LogP contribution in [0.15, 0.2) is 24.0 Å². The molecule has 4 heteroatoms. The third-order valence-electron chi connectivity index (χ3n) is 3.02. The van der Waals surface area contributed by atoms with Crippen molar-refractivity contribution in [3.8, 4) is 0 Å². The zero-order valence-electron chi connectivity index (χ0n) is 9.06. The van der Waals surface area contributed by atoms with Crippen molar-refractivity contribution < 1.29 is 14.6 Å². The van der Waals surface area contributed by atoms with Gasteiger partial charge < -0.3 is 15.6 Å². The number of rotatable bonds is 4. The van der Waals surface area contributed by atoms with E-state index in [1.54, 1.807) is 32.3 Å². The number of hydrogen-bond acceptors (Lipinski definition) is 3. The van der Waals surface area contributed by atoms with Crippen molar-refractivity contribution in [3.05, 3.63) is 24.0 Å². The average Bonchev–Trinajstić information content (AvgIpc) is 2.27. The molecule has 0 bridgehead atoms. The van der Waals surface area contributed by atoms with Gasteiger partial charge in [-0.25, -0.2) is 0 Å². The van der Waals surface area contributed by atoms with Crippen LogP contribution in [0.1, 0.15) is 13.3 Å². The third-order valence-corrected chi connectivity index (χ3v) is 3.02. The molecule has 0 saturated heterocycles. The SMILES string of the molecule is COC1=CC=CC(C(N)=O)(C(C)CO)C1. The Morgan fingerprint density at radius 1 is 1.80 bits per heavy atom. The highest BCUT2D eigenvalue weighted by Gasteiger charge is 2.41. The van der Waals surface area contributed by atoms with Crippen LogP contribution in [0.3, 0.4) is 0 Å². The van der Waals surface area contributed by atoms with E-state index in [0.717, 1.165) is 0 Å². The average molecular weight is 211 g/mol. The summed E-state index contributed by atoms with van der Waals surface area (Å²) < 4.78 is 5.11. The van der Waals surface area contributed by atoms with Crippen molar-refractivity contribution in [1.82, 2.24) is 0 Å². The summed E-state index contributed by atoms with van der Waals surface area (Å²) in [5.41, 5.74) is 4.59. The second kappa shape index (κ2) is 4.49. The molecule has 3 N–H and O–H groups in total. The number of primary amides is 1. The summed E-state index contributed by atoms with van der Waals surface area (Å²) in [6.45, 7) is 1.72. The van der Waals surface area contributed by atoms with Gasteiger partial charge in [0, 0.05) is 13.0 Å². The maximum absolute atomic E-state index is 11.5. The van der Waals surface area contributed by atoms with Crippen LogP contribution < -0.4 is 5.73 Å². The Hall–Kier alpha value is -1.29. The lowest BCUT2D eigenvalue weighted by Crippen LogP contribution is -2.43. The minimum Gasteiger partial charge on any atom is -0.501 e. The molecule has 0 spiro atoms. The largest absolute Gasteiger partial charge is 0.501 e. The first-order chi connectivity index (χ1) is 7.06. The molecule has 1 aliphatic carbocycles. The van der Waals surface area contributed by atoms with Crippen LogP contribution in [0, 0.1) is 11.3 Å². The van der Waals surface area contributed by atoms with Gasteiger partial charge in [-0.1, -0.05) is 19.1 Å². The molecule has 0 fully saturated rings. The first-order valence-electron chi connectivity index (χ1n) is 4.90. The van der Waals surface area contributed by atoms with Crippen molar-refractivity contribution in [2.24, 2.45) is 17.1 Å². The van der Waals surface area contributed by atoms with Gasteiger partial charge in [-0.05, 0) is 12.0 Å². The van der Waals surface area contributed by atoms with E-state index in [9.17, 15) is 4.79 Å². The van der Waals surface area contributed by atoms with Crippen LogP contribution in [0.4, 0.5) is 0 Å². The van der Waals surface area contributed by atoms with Crippen molar-refractivity contribution in [1.29, 1.82) is 0 Å². The normalized spacial score (nSPS) is 27.0. The van der Waals surface area contributed by atoms with E-state index in [1.165, 1.54) is 0 Å². The topological polar surface area (TPSA) is 72.5 Å². The van der Waals surface area contributed by atoms with Crippen LogP contribution in [0.2, 0.25) is 0 Å². The lowest BCUT2D eigenvalue weighted by Gasteiger charge is -2.34. The van der Waals surface area contributed by atoms with E-state index in [2.05, 4.69) is 0 Å². The first kappa shape index (κ1) is 11.8. The molecular weight excluding hydrogens is 194 g/mol. The third kappa shape index (κ3) is 2.04. The summed E-state index contributed by atoms with van der Waals surface area (Å²) in [6, 6.07) is 0. The highest BCUT2D eigenvalue weighted by atomic mass is 16.5. The highest BCUT2D eigenvalue weighted by Crippen LogP contribution is 2.38. The molecule has 0 saturated carbocycles. The molecule has 0 aromatic heterocycles. The van der Waals surface area contributed by atoms with Gasteiger partial charge in [0.05, 0.1) is 18.3 Å². The number of hydrogen-bond donors (Lipinski definition) is 2. The number of nitrogens with two attached hydrogens (primary N) is 1. The molecule has 1 aliphatic rings. The van der Waals surface area contributed by atoms with E-state index in [1.807, 2.05) is 0 Å². The molecule has 15 heavy (non-hydrogen) atoms. The summed E-state index contributed by atoms with van der Waals surface area (Å²) in [4.78, 5) is 11.5. The number of aliphatic hydroxyl groups excluding tert-OH is 1. The fraction of sp³-hybridized carbons (Fsp3) is 0.545. The Balaban J connectivity index is 3.01. The van der Waals surface area contributed by atoms with Gasteiger partial charge in [-0.3, -0.25) is 4.79 Å². The number of allylic oxidation sites excluding steroid dienone is 3. The minimum absolute atomic E-state index is 0.0791. The first-order valence-corrected chi connectivity index (χ1v) is 4.90. The van der Waals surface area contributed by atoms with Crippen molar-refractivity contribution >= 4 is 5.91 Å². The maximum atomic E-state index is 11.5. The van der Waals surface area contributed by atoms with E-state index in [0.29, 0.717) is 12.2 Å². The number of amides is 1. The predicted octanol–water partition coefficient (Wildman–Crippen LogP) is 0.577. The summed E-state index contributed by atoms with van der Waals surface area (Å²) in [6.07, 6.45) is 5.71. The molecule has 2 atom stereocenters. The van der Waals surface area contributed by atoms with Crippen LogP contribution in [0.5, 0.6) is 0 Å². The zero-order chi connectivity index (χ0) is 11.5. The Morgan fingerprint density at radius 2 is 2.47 bits per heavy atom. The summed E-state index contributed by atoms with van der Waals surface area (Å²) >= 11 is 0. The van der Waals surface area contributed by atoms with Crippen molar-refractivity contribution in [2.75, 3.05) is 13.7 Å². The van der Waals surface area contributed by atoms with Gasteiger partial charge >= 0.3 is 0 Å². The maximum Gasteiger partial charge on any atom is 0.228 e. The second-order valence-electron chi connectivity index (χ2n) is 3.86. The smallest absolute Gasteiger partial charge is 0.228 e. The summed E-state index contributed by atoms with van der Waals surface area (Å²) in [7, 11) is 1.56. The summed E-state index contributed by atoms with van der Waals surface area (Å²) in [5.74, 6) is 0.0599. The van der Waals surface area contributed by atoms with Crippen LogP contribution in [-0.4, -0.2) is 24.7 Å². The fourth-order valence-corrected chi connectivity index (χ4v) is 1.79. The lowest BCUT2D eigenvalue weighted by molar-refractivity contribution is -0.128. The van der Waals surface area contributed by atoms with Gasteiger partial charge in [0.15, 0.2) is 0 Å². The van der Waals surface area contributed by atoms with E-state index in [4.69, 9.17) is 15.6 Å². The number of ether oxygens (including phenoxy) is 1. The number of methoxy groups -OCH3 is 1. The fourth-order valence-electron chi connectivity index (χ4n) is 1.79. The number of carbonyl (C=O) groups excluding carboxylic acids is 1. The van der Waals surface area contributed by atoms with Crippen LogP contribution in [-0.2, 0) is 9.53 Å². The molecular formula is C11H17NO3.